The van der Waals surface area contributed by atoms with E-state index >= 15 is 0 Å². The molecule has 1 aromatic heterocycles. The van der Waals surface area contributed by atoms with Crippen molar-refractivity contribution >= 4 is 22.9 Å². The summed E-state index contributed by atoms with van der Waals surface area (Å²) in [5.41, 5.74) is 0.431. The van der Waals surface area contributed by atoms with Gasteiger partial charge in [-0.2, -0.15) is 0 Å². The summed E-state index contributed by atoms with van der Waals surface area (Å²) in [6, 6.07) is 8.92. The van der Waals surface area contributed by atoms with E-state index in [0.717, 1.165) is 23.7 Å². The number of benzene rings is 1. The van der Waals surface area contributed by atoms with Gasteiger partial charge in [0.2, 0.25) is 0 Å². The average molecular weight is 442 g/mol. The molecule has 2 aromatic rings. The van der Waals surface area contributed by atoms with Gasteiger partial charge in [0.1, 0.15) is 5.60 Å². The highest BCUT2D eigenvalue weighted by molar-refractivity contribution is 6.06. The molecule has 0 radical (unpaired) electrons. The van der Waals surface area contributed by atoms with Crippen molar-refractivity contribution in [3.05, 3.63) is 46.2 Å². The number of pyridine rings is 1. The Morgan fingerprint density at radius 3 is 2.56 bits per heavy atom. The number of ether oxygens (including phenoxy) is 1. The molecule has 7 nitrogen and oxygen atoms in total. The summed E-state index contributed by atoms with van der Waals surface area (Å²) in [5.74, 6) is 0.0254. The van der Waals surface area contributed by atoms with Crippen LogP contribution in [0.3, 0.4) is 0 Å². The number of fused-ring (bicyclic) bond motifs is 1. The van der Waals surface area contributed by atoms with Crippen molar-refractivity contribution in [1.29, 1.82) is 0 Å². The molecule has 0 aliphatic carbocycles. The second kappa shape index (κ2) is 9.35. The van der Waals surface area contributed by atoms with E-state index in [2.05, 4.69) is 0 Å². The molecule has 1 aliphatic rings. The molecule has 1 atom stereocenters. The van der Waals surface area contributed by atoms with Crippen molar-refractivity contribution in [1.82, 2.24) is 14.4 Å². The zero-order valence-electron chi connectivity index (χ0n) is 20.1. The van der Waals surface area contributed by atoms with Gasteiger partial charge >= 0.3 is 6.09 Å². The molecule has 0 spiro atoms. The molecule has 1 fully saturated rings. The van der Waals surface area contributed by atoms with Crippen molar-refractivity contribution in [3.63, 3.8) is 0 Å². The summed E-state index contributed by atoms with van der Waals surface area (Å²) in [6.45, 7) is 11.3. The number of rotatable bonds is 4. The molecule has 1 aromatic carbocycles. The molecule has 0 bridgehead atoms. The third kappa shape index (κ3) is 5.31. The first-order valence-electron chi connectivity index (χ1n) is 11.4. The summed E-state index contributed by atoms with van der Waals surface area (Å²) in [5, 5.41) is 0.777. The fourth-order valence-electron chi connectivity index (χ4n) is 4.25. The van der Waals surface area contributed by atoms with Crippen LogP contribution in [-0.2, 0) is 11.8 Å². The normalized spacial score (nSPS) is 17.0. The second-order valence-electron chi connectivity index (χ2n) is 9.96. The van der Waals surface area contributed by atoms with Crippen molar-refractivity contribution in [2.24, 2.45) is 13.0 Å². The molecule has 2 amide bonds. The number of hydrogen-bond donors (Lipinski definition) is 0. The molecular formula is C25H35N3O4. The number of aryl methyl sites for hydroxylation is 1. The SMILES string of the molecule is CC(C)N(CC1CCCN(C(=O)c2cc(=O)n(C)c3ccccc23)C1)C(=O)OC(C)(C)C. The van der Waals surface area contributed by atoms with E-state index in [9.17, 15) is 14.4 Å². The number of likely N-dealkylation sites (tertiary alicyclic amines) is 1. The molecular weight excluding hydrogens is 406 g/mol. The highest BCUT2D eigenvalue weighted by atomic mass is 16.6. The first kappa shape index (κ1) is 23.8. The minimum atomic E-state index is -0.556. The minimum Gasteiger partial charge on any atom is -0.444 e. The third-order valence-electron chi connectivity index (χ3n) is 5.90. The van der Waals surface area contributed by atoms with E-state index in [4.69, 9.17) is 4.74 Å². The Kier molecular flexibility index (Phi) is 6.96. The number of carbonyl (C=O) groups is 2. The van der Waals surface area contributed by atoms with E-state index in [1.165, 1.54) is 6.07 Å². The van der Waals surface area contributed by atoms with Crippen LogP contribution < -0.4 is 5.56 Å². The number of carbonyl (C=O) groups excluding carboxylic acids is 2. The molecule has 1 unspecified atom stereocenters. The Hall–Kier alpha value is -2.83. The number of aromatic nitrogens is 1. The zero-order valence-corrected chi connectivity index (χ0v) is 20.1. The number of hydrogen-bond acceptors (Lipinski definition) is 4. The van der Waals surface area contributed by atoms with Crippen LogP contribution in [0, 0.1) is 5.92 Å². The quantitative estimate of drug-likeness (QED) is 0.718. The number of para-hydroxylation sites is 1. The molecule has 1 saturated heterocycles. The van der Waals surface area contributed by atoms with Gasteiger partial charge in [-0.25, -0.2) is 4.79 Å². The summed E-state index contributed by atoms with van der Waals surface area (Å²) in [6.07, 6.45) is 1.47. The van der Waals surface area contributed by atoms with Crippen LogP contribution >= 0.6 is 0 Å². The molecule has 1 aliphatic heterocycles. The molecule has 2 heterocycles. The molecule has 0 N–H and O–H groups in total. The fraction of sp³-hybridized carbons (Fsp3) is 0.560. The molecule has 0 saturated carbocycles. The topological polar surface area (TPSA) is 71.9 Å². The predicted molar refractivity (Wildman–Crippen MR) is 126 cm³/mol. The van der Waals surface area contributed by atoms with Gasteiger partial charge < -0.3 is 19.1 Å². The second-order valence-corrected chi connectivity index (χ2v) is 9.96. The van der Waals surface area contributed by atoms with Crippen LogP contribution in [0.5, 0.6) is 0 Å². The maximum atomic E-state index is 13.4. The average Bonchev–Trinajstić information content (AvgIpc) is 2.73. The Balaban J connectivity index is 1.80. The smallest absolute Gasteiger partial charge is 0.410 e. The van der Waals surface area contributed by atoms with Gasteiger partial charge in [-0.15, -0.1) is 0 Å². The lowest BCUT2D eigenvalue weighted by Crippen LogP contribution is -2.48. The first-order valence-corrected chi connectivity index (χ1v) is 11.4. The number of piperidine rings is 1. The lowest BCUT2D eigenvalue weighted by molar-refractivity contribution is 0.0124. The van der Waals surface area contributed by atoms with Gasteiger partial charge in [0.25, 0.3) is 11.5 Å². The number of amides is 2. The first-order chi connectivity index (χ1) is 15.0. The molecule has 174 valence electrons. The van der Waals surface area contributed by atoms with Crippen LogP contribution in [0.2, 0.25) is 0 Å². The Morgan fingerprint density at radius 2 is 1.91 bits per heavy atom. The van der Waals surface area contributed by atoms with Crippen molar-refractivity contribution in [2.75, 3.05) is 19.6 Å². The van der Waals surface area contributed by atoms with E-state index in [-0.39, 0.29) is 29.5 Å². The van der Waals surface area contributed by atoms with Crippen molar-refractivity contribution in [3.8, 4) is 0 Å². The number of nitrogens with zero attached hydrogens (tertiary/aromatic N) is 3. The Bertz CT molecular complexity index is 1050. The molecule has 7 heteroatoms. The zero-order chi connectivity index (χ0) is 23.6. The summed E-state index contributed by atoms with van der Waals surface area (Å²) in [4.78, 5) is 42.2. The van der Waals surface area contributed by atoms with E-state index in [1.54, 1.807) is 16.5 Å². The van der Waals surface area contributed by atoms with Crippen molar-refractivity contribution < 1.29 is 14.3 Å². The predicted octanol–water partition coefficient (Wildman–Crippen LogP) is 4.04. The van der Waals surface area contributed by atoms with E-state index in [0.29, 0.717) is 25.2 Å². The van der Waals surface area contributed by atoms with Gasteiger partial charge in [-0.05, 0) is 59.4 Å². The third-order valence-corrected chi connectivity index (χ3v) is 5.90. The van der Waals surface area contributed by atoms with Gasteiger partial charge in [0.05, 0.1) is 11.1 Å². The molecule has 32 heavy (non-hydrogen) atoms. The summed E-state index contributed by atoms with van der Waals surface area (Å²) in [7, 11) is 1.72. The maximum absolute atomic E-state index is 13.4. The van der Waals surface area contributed by atoms with Crippen molar-refractivity contribution in [2.45, 2.75) is 59.1 Å². The van der Waals surface area contributed by atoms with Crippen LogP contribution in [0.4, 0.5) is 4.79 Å². The summed E-state index contributed by atoms with van der Waals surface area (Å²) < 4.78 is 7.15. The minimum absolute atomic E-state index is 0.00276. The van der Waals surface area contributed by atoms with Crippen LogP contribution in [0.1, 0.15) is 57.8 Å². The summed E-state index contributed by atoms with van der Waals surface area (Å²) >= 11 is 0. The highest BCUT2D eigenvalue weighted by Gasteiger charge is 2.31. The van der Waals surface area contributed by atoms with Gasteiger partial charge in [-0.3, -0.25) is 9.59 Å². The molecule has 3 rings (SSSR count). The monoisotopic (exact) mass is 441 g/mol. The largest absolute Gasteiger partial charge is 0.444 e. The lowest BCUT2D eigenvalue weighted by atomic mass is 9.96. The van der Waals surface area contributed by atoms with Crippen LogP contribution in [0.15, 0.2) is 35.1 Å². The fourth-order valence-corrected chi connectivity index (χ4v) is 4.25. The maximum Gasteiger partial charge on any atom is 0.410 e. The lowest BCUT2D eigenvalue weighted by Gasteiger charge is -2.37. The van der Waals surface area contributed by atoms with Gasteiger partial charge in [0.15, 0.2) is 0 Å². The standard InChI is InChI=1S/C25H35N3O4/c1-17(2)28(24(31)32-25(3,4)5)16-18-10-9-13-27(15-18)23(30)20-14-22(29)26(6)21-12-8-7-11-19(20)21/h7-8,11-12,14,17-18H,9-10,13,15-16H2,1-6H3. The Morgan fingerprint density at radius 1 is 1.22 bits per heavy atom. The van der Waals surface area contributed by atoms with Gasteiger partial charge in [-0.1, -0.05) is 18.2 Å². The van der Waals surface area contributed by atoms with Crippen LogP contribution in [0.25, 0.3) is 10.9 Å². The van der Waals surface area contributed by atoms with Gasteiger partial charge in [0, 0.05) is 44.2 Å². The van der Waals surface area contributed by atoms with E-state index in [1.807, 2.05) is 63.8 Å². The van der Waals surface area contributed by atoms with E-state index < -0.39 is 5.60 Å². The Labute approximate surface area is 189 Å². The van der Waals surface area contributed by atoms with Crippen LogP contribution in [-0.4, -0.2) is 57.6 Å². The highest BCUT2D eigenvalue weighted by Crippen LogP contribution is 2.24.